The van der Waals surface area contributed by atoms with Crippen LogP contribution in [-0.4, -0.2) is 29.5 Å². The Morgan fingerprint density at radius 1 is 1.04 bits per heavy atom. The number of hydrogen-bond acceptors (Lipinski definition) is 3. The highest BCUT2D eigenvalue weighted by atomic mass is 16.5. The van der Waals surface area contributed by atoms with E-state index < -0.39 is 0 Å². The summed E-state index contributed by atoms with van der Waals surface area (Å²) in [6.07, 6.45) is 19.3. The van der Waals surface area contributed by atoms with Crippen molar-refractivity contribution in [1.82, 2.24) is 0 Å². The molecule has 28 heavy (non-hydrogen) atoms. The SMILES string of the molecule is C[C@@H]1CC(OC[C@H]2CCCC3CCCCC32)C=C(O)C1C1CCC=CC1CO. The fourth-order valence-electron chi connectivity index (χ4n) is 7.02. The Bertz CT molecular complexity index is 566. The van der Waals surface area contributed by atoms with Crippen molar-refractivity contribution in [1.29, 1.82) is 0 Å². The molecule has 0 radical (unpaired) electrons. The first-order valence-corrected chi connectivity index (χ1v) is 12.0. The van der Waals surface area contributed by atoms with Crippen LogP contribution in [0.15, 0.2) is 24.0 Å². The smallest absolute Gasteiger partial charge is 0.0945 e. The first-order chi connectivity index (χ1) is 13.7. The molecule has 0 bridgehead atoms. The summed E-state index contributed by atoms with van der Waals surface area (Å²) in [5.41, 5.74) is 0. The minimum atomic E-state index is 0.0573. The van der Waals surface area contributed by atoms with E-state index in [0.717, 1.165) is 43.6 Å². The Morgan fingerprint density at radius 2 is 1.86 bits per heavy atom. The highest BCUT2D eigenvalue weighted by molar-refractivity contribution is 5.13. The lowest BCUT2D eigenvalue weighted by atomic mass is 9.65. The second-order valence-corrected chi connectivity index (χ2v) is 10.1. The van der Waals surface area contributed by atoms with Gasteiger partial charge in [0, 0.05) is 18.4 Å². The fourth-order valence-corrected chi connectivity index (χ4v) is 7.02. The van der Waals surface area contributed by atoms with Crippen molar-refractivity contribution in [3.8, 4) is 0 Å². The topological polar surface area (TPSA) is 49.7 Å². The first-order valence-electron chi connectivity index (χ1n) is 12.0. The third-order valence-corrected chi connectivity index (χ3v) is 8.43. The first kappa shape index (κ1) is 20.5. The molecule has 0 aromatic rings. The molecule has 3 heteroatoms. The molecule has 0 spiro atoms. The van der Waals surface area contributed by atoms with Crippen LogP contribution in [-0.2, 0) is 4.74 Å². The molecule has 2 fully saturated rings. The quantitative estimate of drug-likeness (QED) is 0.598. The van der Waals surface area contributed by atoms with E-state index in [0.29, 0.717) is 17.6 Å². The Kier molecular flexibility index (Phi) is 6.83. The molecule has 2 saturated carbocycles. The molecule has 0 aliphatic heterocycles. The van der Waals surface area contributed by atoms with Crippen molar-refractivity contribution >= 4 is 0 Å². The molecule has 4 aliphatic rings. The van der Waals surface area contributed by atoms with Gasteiger partial charge in [-0.25, -0.2) is 0 Å². The van der Waals surface area contributed by atoms with Crippen molar-refractivity contribution in [2.24, 2.45) is 41.4 Å². The maximum atomic E-state index is 10.9. The summed E-state index contributed by atoms with van der Waals surface area (Å²) in [5, 5.41) is 20.6. The summed E-state index contributed by atoms with van der Waals surface area (Å²) in [5.74, 6) is 4.17. The number of allylic oxidation sites excluding steroid dienone is 2. The van der Waals surface area contributed by atoms with Crippen molar-refractivity contribution in [2.45, 2.75) is 77.2 Å². The monoisotopic (exact) mass is 388 g/mol. The summed E-state index contributed by atoms with van der Waals surface area (Å²) in [4.78, 5) is 0. The zero-order chi connectivity index (χ0) is 19.5. The molecule has 8 atom stereocenters. The molecular formula is C25H40O3. The molecule has 0 amide bonds. The van der Waals surface area contributed by atoms with Crippen molar-refractivity contribution in [3.63, 3.8) is 0 Å². The van der Waals surface area contributed by atoms with Crippen LogP contribution in [0.3, 0.4) is 0 Å². The Morgan fingerprint density at radius 3 is 2.68 bits per heavy atom. The third-order valence-electron chi connectivity index (χ3n) is 8.43. The average Bonchev–Trinajstić information content (AvgIpc) is 2.72. The van der Waals surface area contributed by atoms with Gasteiger partial charge in [-0.2, -0.15) is 0 Å². The minimum absolute atomic E-state index is 0.0573. The molecule has 158 valence electrons. The highest BCUT2D eigenvalue weighted by Gasteiger charge is 2.40. The van der Waals surface area contributed by atoms with Crippen LogP contribution in [0.25, 0.3) is 0 Å². The summed E-state index contributed by atoms with van der Waals surface area (Å²) in [6, 6.07) is 0. The molecule has 0 aromatic carbocycles. The standard InChI is InChI=1S/C25H40O3/c1-17-13-21(14-24(27)25(17)23-12-5-3-8-19(23)15-26)28-16-20-10-6-9-18-7-2-4-11-22(18)20/h3,8,14,17-23,25-27H,2,4-7,9-13,15-16H2,1H3/t17-,18?,19?,20-,21?,22?,23?,25?/m1/s1. The third kappa shape index (κ3) is 4.36. The van der Waals surface area contributed by atoms with Crippen molar-refractivity contribution in [2.75, 3.05) is 13.2 Å². The van der Waals surface area contributed by atoms with Gasteiger partial charge in [0.05, 0.1) is 18.5 Å². The number of fused-ring (bicyclic) bond motifs is 1. The lowest BCUT2D eigenvalue weighted by Crippen LogP contribution is -2.38. The molecule has 0 aromatic heterocycles. The van der Waals surface area contributed by atoms with E-state index in [1.165, 1.54) is 44.9 Å². The van der Waals surface area contributed by atoms with Gasteiger partial charge in [0.15, 0.2) is 0 Å². The summed E-state index contributed by atoms with van der Waals surface area (Å²) in [7, 11) is 0. The van der Waals surface area contributed by atoms with Gasteiger partial charge in [0.1, 0.15) is 0 Å². The van der Waals surface area contributed by atoms with E-state index in [-0.39, 0.29) is 24.5 Å². The number of rotatable bonds is 5. The Balaban J connectivity index is 1.36. The minimum Gasteiger partial charge on any atom is -0.512 e. The predicted octanol–water partition coefficient (Wildman–Crippen LogP) is 5.65. The molecular weight excluding hydrogens is 348 g/mol. The maximum Gasteiger partial charge on any atom is 0.0945 e. The Hall–Kier alpha value is -0.800. The highest BCUT2D eigenvalue weighted by Crippen LogP contribution is 2.45. The van der Waals surface area contributed by atoms with E-state index in [1.807, 2.05) is 6.08 Å². The second-order valence-electron chi connectivity index (χ2n) is 10.1. The molecule has 2 N–H and O–H groups in total. The number of ether oxygens (including phenoxy) is 1. The number of aliphatic hydroxyl groups is 2. The van der Waals surface area contributed by atoms with Gasteiger partial charge in [-0.1, -0.05) is 51.2 Å². The van der Waals surface area contributed by atoms with Gasteiger partial charge >= 0.3 is 0 Å². The fraction of sp³-hybridized carbons (Fsp3) is 0.840. The molecule has 0 saturated heterocycles. The van der Waals surface area contributed by atoms with Crippen molar-refractivity contribution in [3.05, 3.63) is 24.0 Å². The van der Waals surface area contributed by atoms with Crippen LogP contribution in [0.5, 0.6) is 0 Å². The van der Waals surface area contributed by atoms with Gasteiger partial charge < -0.3 is 14.9 Å². The largest absolute Gasteiger partial charge is 0.512 e. The van der Waals surface area contributed by atoms with Crippen LogP contribution in [0, 0.1) is 41.4 Å². The molecule has 4 aliphatic carbocycles. The van der Waals surface area contributed by atoms with Crippen LogP contribution in [0.2, 0.25) is 0 Å². The van der Waals surface area contributed by atoms with Crippen LogP contribution < -0.4 is 0 Å². The Labute approximate surface area is 171 Å². The van der Waals surface area contributed by atoms with Gasteiger partial charge in [-0.15, -0.1) is 0 Å². The summed E-state index contributed by atoms with van der Waals surface area (Å²) < 4.78 is 6.40. The van der Waals surface area contributed by atoms with Crippen LogP contribution in [0.1, 0.15) is 71.1 Å². The molecule has 4 rings (SSSR count). The summed E-state index contributed by atoms with van der Waals surface area (Å²) in [6.45, 7) is 3.31. The van der Waals surface area contributed by atoms with E-state index >= 15 is 0 Å². The van der Waals surface area contributed by atoms with Crippen LogP contribution in [0.4, 0.5) is 0 Å². The van der Waals surface area contributed by atoms with E-state index in [2.05, 4.69) is 19.1 Å². The molecule has 0 heterocycles. The maximum absolute atomic E-state index is 10.9. The zero-order valence-electron chi connectivity index (χ0n) is 17.6. The van der Waals surface area contributed by atoms with E-state index in [4.69, 9.17) is 4.74 Å². The number of aliphatic hydroxyl groups excluding tert-OH is 2. The van der Waals surface area contributed by atoms with E-state index in [9.17, 15) is 10.2 Å². The lowest BCUT2D eigenvalue weighted by Gasteiger charge is -2.43. The van der Waals surface area contributed by atoms with E-state index in [1.54, 1.807) is 0 Å². The van der Waals surface area contributed by atoms with Gasteiger partial charge in [0.2, 0.25) is 0 Å². The zero-order valence-corrected chi connectivity index (χ0v) is 17.6. The normalized spacial score (nSPS) is 44.0. The van der Waals surface area contributed by atoms with Crippen molar-refractivity contribution < 1.29 is 14.9 Å². The van der Waals surface area contributed by atoms with Gasteiger partial charge in [-0.05, 0) is 67.8 Å². The summed E-state index contributed by atoms with van der Waals surface area (Å²) >= 11 is 0. The predicted molar refractivity (Wildman–Crippen MR) is 113 cm³/mol. The average molecular weight is 389 g/mol. The number of hydrogen-bond donors (Lipinski definition) is 2. The van der Waals surface area contributed by atoms with Gasteiger partial charge in [-0.3, -0.25) is 0 Å². The lowest BCUT2D eigenvalue weighted by molar-refractivity contribution is -0.0216. The van der Waals surface area contributed by atoms with Gasteiger partial charge in [0.25, 0.3) is 0 Å². The molecule has 3 nitrogen and oxygen atoms in total. The van der Waals surface area contributed by atoms with Crippen LogP contribution >= 0.6 is 0 Å². The second kappa shape index (κ2) is 9.34. The molecule has 6 unspecified atom stereocenters.